The van der Waals surface area contributed by atoms with Crippen molar-refractivity contribution in [2.24, 2.45) is 0 Å². The minimum absolute atomic E-state index is 0.0126. The quantitative estimate of drug-likeness (QED) is 0.215. The molecule has 4 N–H and O–H groups in total. The Labute approximate surface area is 198 Å². The zero-order chi connectivity index (χ0) is 23.8. The molecule has 4 aromatic rings. The lowest BCUT2D eigenvalue weighted by molar-refractivity contribution is 0.355. The van der Waals surface area contributed by atoms with E-state index in [0.29, 0.717) is 34.1 Å². The van der Waals surface area contributed by atoms with E-state index in [4.69, 9.17) is 14.9 Å². The van der Waals surface area contributed by atoms with Crippen molar-refractivity contribution in [3.8, 4) is 34.3 Å². The van der Waals surface area contributed by atoms with Crippen LogP contribution in [-0.2, 0) is 6.42 Å². The molecule has 0 aliphatic rings. The molecule has 7 nitrogen and oxygen atoms in total. The molecule has 4 rings (SSSR count). The van der Waals surface area contributed by atoms with Crippen LogP contribution in [0.5, 0.6) is 23.0 Å². The summed E-state index contributed by atoms with van der Waals surface area (Å²) in [5.74, 6) is 1.68. The van der Waals surface area contributed by atoms with E-state index < -0.39 is 0 Å². The van der Waals surface area contributed by atoms with Gasteiger partial charge in [-0.15, -0.1) is 0 Å². The van der Waals surface area contributed by atoms with Gasteiger partial charge >= 0.3 is 0 Å². The number of anilines is 1. The smallest absolute Gasteiger partial charge is 0.173 e. The van der Waals surface area contributed by atoms with Gasteiger partial charge in [-0.2, -0.15) is 5.10 Å². The second kappa shape index (κ2) is 10.9. The Bertz CT molecular complexity index is 1260. The highest BCUT2D eigenvalue weighted by Gasteiger charge is 2.15. The van der Waals surface area contributed by atoms with Crippen LogP contribution in [0.3, 0.4) is 0 Å². The molecule has 172 valence electrons. The van der Waals surface area contributed by atoms with Gasteiger partial charge in [0.2, 0.25) is 0 Å². The monoisotopic (exact) mass is 454 g/mol. The van der Waals surface area contributed by atoms with Crippen molar-refractivity contribution >= 4 is 11.9 Å². The number of ether oxygens (including phenoxy) is 2. The average molecular weight is 455 g/mol. The maximum Gasteiger partial charge on any atom is 0.173 e. The van der Waals surface area contributed by atoms with Crippen molar-refractivity contribution in [1.29, 1.82) is 5.41 Å². The van der Waals surface area contributed by atoms with Crippen LogP contribution in [0.4, 0.5) is 5.69 Å². The van der Waals surface area contributed by atoms with Gasteiger partial charge in [0, 0.05) is 35.3 Å². The van der Waals surface area contributed by atoms with E-state index in [-0.39, 0.29) is 12.4 Å². The highest BCUT2D eigenvalue weighted by molar-refractivity contribution is 5.77. The zero-order valence-electron chi connectivity index (χ0n) is 18.8. The lowest BCUT2D eigenvalue weighted by Crippen LogP contribution is -2.04. The summed E-state index contributed by atoms with van der Waals surface area (Å²) in [6.45, 7) is 2.27. The van der Waals surface area contributed by atoms with E-state index >= 15 is 0 Å². The van der Waals surface area contributed by atoms with Crippen molar-refractivity contribution in [2.45, 2.75) is 13.3 Å². The third-order valence-electron chi connectivity index (χ3n) is 5.18. The molecule has 0 aliphatic carbocycles. The number of nitrogens with one attached hydrogen (secondary N) is 3. The number of benzene rings is 3. The number of aromatic amines is 1. The summed E-state index contributed by atoms with van der Waals surface area (Å²) in [6, 6.07) is 22.5. The van der Waals surface area contributed by atoms with Crippen LogP contribution >= 0.6 is 0 Å². The number of phenols is 1. The summed E-state index contributed by atoms with van der Waals surface area (Å²) in [6.07, 6.45) is 5.55. The molecule has 0 atom stereocenters. The molecule has 1 heterocycles. The van der Waals surface area contributed by atoms with Crippen molar-refractivity contribution in [1.82, 2.24) is 10.2 Å². The second-order valence-corrected chi connectivity index (χ2v) is 7.54. The summed E-state index contributed by atoms with van der Waals surface area (Å²) in [5, 5.41) is 28.4. The maximum absolute atomic E-state index is 10.6. The Morgan fingerprint density at radius 2 is 1.82 bits per heavy atom. The Balaban J connectivity index is 1.43. The largest absolute Gasteiger partial charge is 0.507 e. The highest BCUT2D eigenvalue weighted by atomic mass is 16.5. The molecule has 0 radical (unpaired) electrons. The van der Waals surface area contributed by atoms with Crippen molar-refractivity contribution in [3.63, 3.8) is 0 Å². The molecule has 0 bridgehead atoms. The molecule has 0 spiro atoms. The van der Waals surface area contributed by atoms with Gasteiger partial charge in [-0.3, -0.25) is 5.10 Å². The Kier molecular flexibility index (Phi) is 7.25. The zero-order valence-corrected chi connectivity index (χ0v) is 18.8. The van der Waals surface area contributed by atoms with Gasteiger partial charge in [0.1, 0.15) is 29.5 Å². The fraction of sp³-hybridized carbons (Fsp3) is 0.111. The van der Waals surface area contributed by atoms with Crippen LogP contribution in [0.25, 0.3) is 11.3 Å². The normalized spacial score (nSPS) is 11.1. The number of aryl methyl sites for hydroxylation is 1. The summed E-state index contributed by atoms with van der Waals surface area (Å²) in [7, 11) is 0. The number of hydrogen-bond donors (Lipinski definition) is 4. The van der Waals surface area contributed by atoms with Gasteiger partial charge in [-0.25, -0.2) is 0 Å². The van der Waals surface area contributed by atoms with Crippen molar-refractivity contribution < 1.29 is 14.6 Å². The van der Waals surface area contributed by atoms with Gasteiger partial charge in [-0.1, -0.05) is 37.3 Å². The maximum atomic E-state index is 10.6. The average Bonchev–Trinajstić information content (AvgIpc) is 3.33. The molecule has 0 aliphatic heterocycles. The first-order valence-electron chi connectivity index (χ1n) is 10.9. The third-order valence-corrected chi connectivity index (χ3v) is 5.18. The van der Waals surface area contributed by atoms with E-state index in [1.165, 1.54) is 17.8 Å². The molecule has 7 heteroatoms. The van der Waals surface area contributed by atoms with Crippen LogP contribution in [-0.4, -0.2) is 28.1 Å². The molecular formula is C27H26N4O3. The first-order chi connectivity index (χ1) is 16.7. The summed E-state index contributed by atoms with van der Waals surface area (Å²) in [4.78, 5) is 0. The summed E-state index contributed by atoms with van der Waals surface area (Å²) >= 11 is 0. The molecular weight excluding hydrogens is 428 g/mol. The fourth-order valence-corrected chi connectivity index (χ4v) is 3.27. The van der Waals surface area contributed by atoms with E-state index in [1.807, 2.05) is 54.6 Å². The minimum Gasteiger partial charge on any atom is -0.507 e. The predicted octanol–water partition coefficient (Wildman–Crippen LogP) is 6.16. The van der Waals surface area contributed by atoms with E-state index in [2.05, 4.69) is 22.4 Å². The van der Waals surface area contributed by atoms with Gasteiger partial charge in [0.15, 0.2) is 5.75 Å². The van der Waals surface area contributed by atoms with Gasteiger partial charge in [-0.05, 0) is 48.4 Å². The number of aromatic hydroxyl groups is 1. The fourth-order valence-electron chi connectivity index (χ4n) is 3.27. The van der Waals surface area contributed by atoms with Crippen molar-refractivity contribution in [2.75, 3.05) is 11.9 Å². The number of rotatable bonds is 10. The van der Waals surface area contributed by atoms with E-state index in [1.54, 1.807) is 24.5 Å². The summed E-state index contributed by atoms with van der Waals surface area (Å²) in [5.41, 5.74) is 3.80. The number of nitrogens with zero attached hydrogens (tertiary/aromatic N) is 1. The SMILES string of the molecule is CCc1ccc(Oc2c[nH]nc2-c2ccc(OC/C(C=N)=C/Nc3ccccc3)cc2O)cc1. The minimum atomic E-state index is 0.0126. The lowest BCUT2D eigenvalue weighted by atomic mass is 10.1. The number of para-hydroxylation sites is 1. The predicted molar refractivity (Wildman–Crippen MR) is 134 cm³/mol. The molecule has 3 aromatic carbocycles. The van der Waals surface area contributed by atoms with Crippen LogP contribution in [0.2, 0.25) is 0 Å². The molecule has 0 unspecified atom stereocenters. The Morgan fingerprint density at radius 1 is 1.06 bits per heavy atom. The molecule has 1 aromatic heterocycles. The third kappa shape index (κ3) is 5.63. The van der Waals surface area contributed by atoms with Crippen molar-refractivity contribution in [3.05, 3.63) is 96.3 Å². The Hall–Kier alpha value is -4.52. The van der Waals surface area contributed by atoms with Gasteiger partial charge in [0.05, 0.1) is 6.20 Å². The number of hydrogen-bond acceptors (Lipinski definition) is 6. The Morgan fingerprint density at radius 3 is 2.53 bits per heavy atom. The first-order valence-corrected chi connectivity index (χ1v) is 10.9. The topological polar surface area (TPSA) is 103 Å². The van der Waals surface area contributed by atoms with Gasteiger partial charge in [0.25, 0.3) is 0 Å². The van der Waals surface area contributed by atoms with E-state index in [0.717, 1.165) is 12.1 Å². The van der Waals surface area contributed by atoms with E-state index in [9.17, 15) is 5.11 Å². The van der Waals surface area contributed by atoms with Crippen LogP contribution in [0.1, 0.15) is 12.5 Å². The molecule has 0 saturated heterocycles. The van der Waals surface area contributed by atoms with Crippen LogP contribution in [0.15, 0.2) is 90.8 Å². The second-order valence-electron chi connectivity index (χ2n) is 7.54. The van der Waals surface area contributed by atoms with Crippen LogP contribution in [0, 0.1) is 5.41 Å². The number of aromatic nitrogens is 2. The standard InChI is InChI=1S/C27H26N4O3/c1-2-19-8-10-22(11-9-19)34-26-17-30-31-27(26)24-13-12-23(14-25(24)32)33-18-20(15-28)16-29-21-6-4-3-5-7-21/h3-17,28-29,32H,2,18H2,1H3,(H,30,31)/b20-16+,28-15?. The molecule has 0 amide bonds. The molecule has 0 saturated carbocycles. The van der Waals surface area contributed by atoms with Gasteiger partial charge < -0.3 is 25.3 Å². The first kappa shape index (κ1) is 22.7. The molecule has 34 heavy (non-hydrogen) atoms. The van der Waals surface area contributed by atoms with Crippen LogP contribution < -0.4 is 14.8 Å². The number of H-pyrrole nitrogens is 1. The molecule has 0 fully saturated rings. The summed E-state index contributed by atoms with van der Waals surface area (Å²) < 4.78 is 11.7. The lowest BCUT2D eigenvalue weighted by Gasteiger charge is -2.11. The highest BCUT2D eigenvalue weighted by Crippen LogP contribution is 2.38. The number of phenolic OH excluding ortho intramolecular Hbond substituents is 1.